The number of carbonyl (C=O) groups is 1. The first-order valence-corrected chi connectivity index (χ1v) is 9.33. The van der Waals surface area contributed by atoms with Gasteiger partial charge in [-0.3, -0.25) is 4.79 Å². The quantitative estimate of drug-likeness (QED) is 0.537. The number of amides is 1. The van der Waals surface area contributed by atoms with Gasteiger partial charge in [-0.15, -0.1) is 11.3 Å². The third-order valence-corrected chi connectivity index (χ3v) is 5.64. The Kier molecular flexibility index (Phi) is 4.06. The molecule has 4 rings (SSSR count). The number of aryl methyl sites for hydroxylation is 2. The maximum atomic E-state index is 12.4. The van der Waals surface area contributed by atoms with E-state index in [1.165, 1.54) is 32.4 Å². The van der Waals surface area contributed by atoms with Crippen molar-refractivity contribution >= 4 is 38.2 Å². The van der Waals surface area contributed by atoms with Gasteiger partial charge in [0.2, 0.25) is 0 Å². The van der Waals surface area contributed by atoms with Crippen molar-refractivity contribution in [3.8, 4) is 0 Å². The minimum Gasteiger partial charge on any atom is -0.358 e. The summed E-state index contributed by atoms with van der Waals surface area (Å²) < 4.78 is 1.21. The lowest BCUT2D eigenvalue weighted by Crippen LogP contribution is -2.25. The first-order chi connectivity index (χ1) is 12.1. The van der Waals surface area contributed by atoms with Crippen LogP contribution in [0.5, 0.6) is 0 Å². The van der Waals surface area contributed by atoms with Gasteiger partial charge in [-0.05, 0) is 66.4 Å². The highest BCUT2D eigenvalue weighted by Gasteiger charge is 2.11. The van der Waals surface area contributed by atoms with E-state index in [0.717, 1.165) is 17.4 Å². The Balaban J connectivity index is 1.48. The van der Waals surface area contributed by atoms with E-state index in [1.54, 1.807) is 11.3 Å². The summed E-state index contributed by atoms with van der Waals surface area (Å²) in [4.78, 5) is 15.9. The summed E-state index contributed by atoms with van der Waals surface area (Å²) in [6.07, 6.45) is 0.821. The van der Waals surface area contributed by atoms with Crippen molar-refractivity contribution in [3.05, 3.63) is 70.2 Å². The van der Waals surface area contributed by atoms with Gasteiger partial charge in [-0.1, -0.05) is 18.2 Å². The van der Waals surface area contributed by atoms with Crippen LogP contribution in [0, 0.1) is 13.8 Å². The predicted molar refractivity (Wildman–Crippen MR) is 106 cm³/mol. The Morgan fingerprint density at radius 3 is 2.92 bits per heavy atom. The number of H-pyrrole nitrogens is 1. The molecule has 0 fully saturated rings. The Labute approximate surface area is 150 Å². The highest BCUT2D eigenvalue weighted by atomic mass is 32.1. The molecule has 2 heterocycles. The first-order valence-electron chi connectivity index (χ1n) is 8.46. The molecule has 0 radical (unpaired) electrons. The van der Waals surface area contributed by atoms with Gasteiger partial charge in [0.1, 0.15) is 0 Å². The number of aromatic nitrogens is 1. The molecule has 4 heteroatoms. The summed E-state index contributed by atoms with van der Waals surface area (Å²) in [5.41, 5.74) is 5.63. The standard InChI is InChI=1S/C21H20N2OS/c1-13-4-3-5-18-17(14(2)23-20(13)18)8-10-22-21(24)16-6-7-19-15(12-16)9-11-25-19/h3-7,9,11-12,23H,8,10H2,1-2H3,(H,22,24). The fourth-order valence-corrected chi connectivity index (χ4v) is 4.15. The van der Waals surface area contributed by atoms with E-state index in [1.807, 2.05) is 23.6 Å². The average Bonchev–Trinajstić information content (AvgIpc) is 3.20. The SMILES string of the molecule is Cc1[nH]c2c(C)cccc2c1CCNC(=O)c1ccc2sccc2c1. The molecule has 1 amide bonds. The molecule has 2 aromatic heterocycles. The number of hydrogen-bond acceptors (Lipinski definition) is 2. The number of fused-ring (bicyclic) bond motifs is 2. The Bertz CT molecular complexity index is 1070. The lowest BCUT2D eigenvalue weighted by molar-refractivity contribution is 0.0954. The number of hydrogen-bond donors (Lipinski definition) is 2. The molecular formula is C21H20N2OS. The molecule has 3 nitrogen and oxygen atoms in total. The van der Waals surface area contributed by atoms with Gasteiger partial charge in [0.25, 0.3) is 5.91 Å². The Hall–Kier alpha value is -2.59. The van der Waals surface area contributed by atoms with Crippen LogP contribution in [0.15, 0.2) is 47.8 Å². The van der Waals surface area contributed by atoms with Crippen molar-refractivity contribution < 1.29 is 4.79 Å². The van der Waals surface area contributed by atoms with Crippen LogP contribution < -0.4 is 5.32 Å². The molecule has 0 bridgehead atoms. The van der Waals surface area contributed by atoms with Crippen molar-refractivity contribution in [2.45, 2.75) is 20.3 Å². The molecule has 0 aliphatic rings. The number of para-hydroxylation sites is 1. The lowest BCUT2D eigenvalue weighted by atomic mass is 10.1. The van der Waals surface area contributed by atoms with Crippen LogP contribution in [0.2, 0.25) is 0 Å². The highest BCUT2D eigenvalue weighted by Crippen LogP contribution is 2.25. The molecule has 0 unspecified atom stereocenters. The molecular weight excluding hydrogens is 328 g/mol. The minimum atomic E-state index is -0.0122. The fourth-order valence-electron chi connectivity index (χ4n) is 3.38. The number of nitrogens with one attached hydrogen (secondary N) is 2. The molecule has 2 aromatic carbocycles. The van der Waals surface area contributed by atoms with Crippen LogP contribution in [0.1, 0.15) is 27.2 Å². The van der Waals surface area contributed by atoms with Crippen LogP contribution in [0.4, 0.5) is 0 Å². The van der Waals surface area contributed by atoms with E-state index >= 15 is 0 Å². The van der Waals surface area contributed by atoms with Crippen LogP contribution in [0.3, 0.4) is 0 Å². The molecule has 4 aromatic rings. The normalized spacial score (nSPS) is 11.3. The second-order valence-electron chi connectivity index (χ2n) is 6.41. The van der Waals surface area contributed by atoms with E-state index in [-0.39, 0.29) is 5.91 Å². The van der Waals surface area contributed by atoms with Crippen LogP contribution in [-0.4, -0.2) is 17.4 Å². The zero-order valence-electron chi connectivity index (χ0n) is 14.3. The molecule has 25 heavy (non-hydrogen) atoms. The topological polar surface area (TPSA) is 44.9 Å². The summed E-state index contributed by atoms with van der Waals surface area (Å²) in [7, 11) is 0. The Morgan fingerprint density at radius 1 is 1.16 bits per heavy atom. The molecule has 126 valence electrons. The number of carbonyl (C=O) groups excluding carboxylic acids is 1. The van der Waals surface area contributed by atoms with E-state index in [9.17, 15) is 4.79 Å². The molecule has 0 aliphatic heterocycles. The van der Waals surface area contributed by atoms with Crippen molar-refractivity contribution in [3.63, 3.8) is 0 Å². The smallest absolute Gasteiger partial charge is 0.251 e. The number of thiophene rings is 1. The first kappa shape index (κ1) is 15.9. The van der Waals surface area contributed by atoms with Gasteiger partial charge in [0, 0.05) is 33.4 Å². The van der Waals surface area contributed by atoms with E-state index in [4.69, 9.17) is 0 Å². The highest BCUT2D eigenvalue weighted by molar-refractivity contribution is 7.17. The van der Waals surface area contributed by atoms with E-state index in [0.29, 0.717) is 6.54 Å². The van der Waals surface area contributed by atoms with Crippen molar-refractivity contribution in [1.29, 1.82) is 0 Å². The van der Waals surface area contributed by atoms with Crippen LogP contribution >= 0.6 is 11.3 Å². The summed E-state index contributed by atoms with van der Waals surface area (Å²) >= 11 is 1.69. The molecule has 0 aliphatic carbocycles. The predicted octanol–water partition coefficient (Wildman–Crippen LogP) is 4.97. The number of aromatic amines is 1. The second kappa shape index (κ2) is 6.37. The van der Waals surface area contributed by atoms with Gasteiger partial charge in [0.05, 0.1) is 0 Å². The average molecular weight is 348 g/mol. The van der Waals surface area contributed by atoms with Crippen molar-refractivity contribution in [2.75, 3.05) is 6.54 Å². The van der Waals surface area contributed by atoms with Gasteiger partial charge >= 0.3 is 0 Å². The fraction of sp³-hybridized carbons (Fsp3) is 0.190. The molecule has 0 saturated heterocycles. The van der Waals surface area contributed by atoms with E-state index in [2.05, 4.69) is 48.4 Å². The molecule has 2 N–H and O–H groups in total. The van der Waals surface area contributed by atoms with Gasteiger partial charge in [-0.2, -0.15) is 0 Å². The molecule has 0 saturated carbocycles. The summed E-state index contributed by atoms with van der Waals surface area (Å²) in [6, 6.07) is 14.3. The summed E-state index contributed by atoms with van der Waals surface area (Å²) in [5, 5.41) is 7.48. The monoisotopic (exact) mass is 348 g/mol. The molecule has 0 spiro atoms. The maximum Gasteiger partial charge on any atom is 0.251 e. The zero-order valence-corrected chi connectivity index (χ0v) is 15.2. The minimum absolute atomic E-state index is 0.0122. The van der Waals surface area contributed by atoms with Crippen LogP contribution in [0.25, 0.3) is 21.0 Å². The van der Waals surface area contributed by atoms with Crippen molar-refractivity contribution in [2.24, 2.45) is 0 Å². The van der Waals surface area contributed by atoms with E-state index < -0.39 is 0 Å². The Morgan fingerprint density at radius 2 is 2.04 bits per heavy atom. The third-order valence-electron chi connectivity index (χ3n) is 4.74. The number of benzene rings is 2. The third kappa shape index (κ3) is 2.94. The van der Waals surface area contributed by atoms with Gasteiger partial charge in [0.15, 0.2) is 0 Å². The summed E-state index contributed by atoms with van der Waals surface area (Å²) in [6.45, 7) is 4.84. The summed E-state index contributed by atoms with van der Waals surface area (Å²) in [5.74, 6) is -0.0122. The second-order valence-corrected chi connectivity index (χ2v) is 7.35. The largest absolute Gasteiger partial charge is 0.358 e. The molecule has 0 atom stereocenters. The maximum absolute atomic E-state index is 12.4. The van der Waals surface area contributed by atoms with Crippen molar-refractivity contribution in [1.82, 2.24) is 10.3 Å². The van der Waals surface area contributed by atoms with Gasteiger partial charge < -0.3 is 10.3 Å². The lowest BCUT2D eigenvalue weighted by Gasteiger charge is -2.06. The van der Waals surface area contributed by atoms with Gasteiger partial charge in [-0.25, -0.2) is 0 Å². The zero-order chi connectivity index (χ0) is 17.4. The van der Waals surface area contributed by atoms with Crippen LogP contribution in [-0.2, 0) is 6.42 Å². The number of rotatable bonds is 4.